The molecular formula is C29H36BNO5. The summed E-state index contributed by atoms with van der Waals surface area (Å²) in [7, 11) is -0.404. The van der Waals surface area contributed by atoms with Gasteiger partial charge in [0, 0.05) is 11.8 Å². The van der Waals surface area contributed by atoms with Crippen LogP contribution in [-0.4, -0.2) is 35.3 Å². The molecule has 0 radical (unpaired) electrons. The first-order chi connectivity index (χ1) is 17.0. The number of amides is 1. The van der Waals surface area contributed by atoms with E-state index in [1.165, 1.54) is 6.08 Å². The van der Waals surface area contributed by atoms with E-state index in [0.717, 1.165) is 54.8 Å². The first-order valence-electron chi connectivity index (χ1n) is 12.8. The van der Waals surface area contributed by atoms with E-state index >= 15 is 0 Å². The van der Waals surface area contributed by atoms with Crippen molar-refractivity contribution in [3.63, 3.8) is 0 Å². The second kappa shape index (κ2) is 10.2. The maximum absolute atomic E-state index is 13.6. The topological polar surface area (TPSA) is 84.9 Å². The molecule has 0 bridgehead atoms. The van der Waals surface area contributed by atoms with Gasteiger partial charge in [-0.15, -0.1) is 0 Å². The highest BCUT2D eigenvalue weighted by molar-refractivity contribution is 6.62. The van der Waals surface area contributed by atoms with Crippen molar-refractivity contribution in [2.45, 2.75) is 77.4 Å². The van der Waals surface area contributed by atoms with E-state index in [4.69, 9.17) is 14.4 Å². The molecule has 1 amide bonds. The number of hydrogen-bond acceptors (Lipinski definition) is 4. The molecule has 1 saturated heterocycles. The summed E-state index contributed by atoms with van der Waals surface area (Å²) in [6, 6.07) is 15.5. The van der Waals surface area contributed by atoms with Crippen molar-refractivity contribution in [2.75, 3.05) is 5.32 Å². The van der Waals surface area contributed by atoms with E-state index in [2.05, 4.69) is 17.4 Å². The van der Waals surface area contributed by atoms with Crippen LogP contribution in [-0.2, 0) is 25.3 Å². The van der Waals surface area contributed by atoms with Gasteiger partial charge in [0.2, 0.25) is 5.91 Å². The minimum atomic E-state index is -1.00. The lowest BCUT2D eigenvalue weighted by atomic mass is 9.69. The van der Waals surface area contributed by atoms with Crippen LogP contribution in [0.3, 0.4) is 0 Å². The average Bonchev–Trinajstić information content (AvgIpc) is 3.05. The molecule has 36 heavy (non-hydrogen) atoms. The number of carboxylic acid groups (broad SMARTS) is 1. The van der Waals surface area contributed by atoms with Crippen LogP contribution < -0.4 is 10.8 Å². The van der Waals surface area contributed by atoms with Crippen LogP contribution in [0.25, 0.3) is 6.08 Å². The number of hydrogen-bond donors (Lipinski definition) is 2. The van der Waals surface area contributed by atoms with Gasteiger partial charge < -0.3 is 19.7 Å². The largest absolute Gasteiger partial charge is 0.494 e. The van der Waals surface area contributed by atoms with Crippen LogP contribution in [0.2, 0.25) is 0 Å². The summed E-state index contributed by atoms with van der Waals surface area (Å²) < 4.78 is 12.4. The lowest BCUT2D eigenvalue weighted by Crippen LogP contribution is -2.41. The van der Waals surface area contributed by atoms with Gasteiger partial charge in [0.05, 0.1) is 16.6 Å². The third-order valence-corrected chi connectivity index (χ3v) is 7.90. The van der Waals surface area contributed by atoms with E-state index < -0.39 is 18.5 Å². The Bertz CT molecular complexity index is 1120. The van der Waals surface area contributed by atoms with E-state index in [1.54, 1.807) is 6.07 Å². The Labute approximate surface area is 214 Å². The number of aliphatic carboxylic acids is 1. The first kappa shape index (κ1) is 26.2. The lowest BCUT2D eigenvalue weighted by Gasteiger charge is -2.36. The van der Waals surface area contributed by atoms with Crippen LogP contribution in [0, 0.1) is 5.41 Å². The van der Waals surface area contributed by atoms with Gasteiger partial charge in [0.25, 0.3) is 0 Å². The standard InChI is InChI=1S/C29H36BNO5/c1-27(2)28(3,4)36-30(35-27)23-14-11-22(12-15-23)20-29(17-6-5-7-18-29)26(34)31-24-10-8-9-21(19-24)13-16-25(32)33/h8-16,19H,5-7,17-18,20H2,1-4H3,(H,31,34)(H,32,33)/b16-13+. The maximum Gasteiger partial charge on any atom is 0.494 e. The molecule has 190 valence electrons. The third-order valence-electron chi connectivity index (χ3n) is 7.90. The Morgan fingerprint density at radius 1 is 0.972 bits per heavy atom. The summed E-state index contributed by atoms with van der Waals surface area (Å²) in [5.41, 5.74) is 2.25. The molecule has 1 heterocycles. The highest BCUT2D eigenvalue weighted by Crippen LogP contribution is 2.41. The Hall–Kier alpha value is -2.90. The molecule has 1 aliphatic carbocycles. The summed E-state index contributed by atoms with van der Waals surface area (Å²) in [5, 5.41) is 12.0. The molecular weight excluding hydrogens is 453 g/mol. The van der Waals surface area contributed by atoms with Gasteiger partial charge in [0.15, 0.2) is 0 Å². The number of carbonyl (C=O) groups excluding carboxylic acids is 1. The molecule has 1 aliphatic heterocycles. The number of anilines is 1. The van der Waals surface area contributed by atoms with Crippen LogP contribution in [0.4, 0.5) is 5.69 Å². The number of nitrogens with one attached hydrogen (secondary N) is 1. The maximum atomic E-state index is 13.6. The number of rotatable bonds is 7. The molecule has 0 unspecified atom stereocenters. The normalized spacial score (nSPS) is 20.4. The molecule has 2 fully saturated rings. The SMILES string of the molecule is CC1(C)OB(c2ccc(CC3(C(=O)Nc4cccc(/C=C/C(=O)O)c4)CCCCC3)cc2)OC1(C)C. The second-order valence-corrected chi connectivity index (χ2v) is 11.1. The van der Waals surface area contributed by atoms with Crippen LogP contribution in [0.1, 0.15) is 70.9 Å². The number of benzene rings is 2. The van der Waals surface area contributed by atoms with Gasteiger partial charge in [-0.1, -0.05) is 55.7 Å². The summed E-state index contributed by atoms with van der Waals surface area (Å²) in [6.07, 6.45) is 8.17. The van der Waals surface area contributed by atoms with Crippen molar-refractivity contribution in [2.24, 2.45) is 5.41 Å². The van der Waals surface area contributed by atoms with Gasteiger partial charge in [-0.25, -0.2) is 4.79 Å². The van der Waals surface area contributed by atoms with E-state index in [1.807, 2.05) is 58.0 Å². The first-order valence-corrected chi connectivity index (χ1v) is 12.8. The molecule has 2 aromatic carbocycles. The van der Waals surface area contributed by atoms with Gasteiger partial charge in [-0.3, -0.25) is 4.79 Å². The molecule has 1 saturated carbocycles. The molecule has 0 aromatic heterocycles. The molecule has 2 aromatic rings. The summed E-state index contributed by atoms with van der Waals surface area (Å²) in [6.45, 7) is 8.19. The monoisotopic (exact) mass is 489 g/mol. The Balaban J connectivity index is 1.49. The Kier molecular flexibility index (Phi) is 7.44. The third kappa shape index (κ3) is 5.74. The highest BCUT2D eigenvalue weighted by atomic mass is 16.7. The Morgan fingerprint density at radius 3 is 2.22 bits per heavy atom. The highest BCUT2D eigenvalue weighted by Gasteiger charge is 2.51. The van der Waals surface area contributed by atoms with Crippen molar-refractivity contribution in [3.05, 3.63) is 65.7 Å². The predicted molar refractivity (Wildman–Crippen MR) is 143 cm³/mol. The van der Waals surface area contributed by atoms with E-state index in [-0.39, 0.29) is 17.1 Å². The zero-order chi connectivity index (χ0) is 26.0. The fourth-order valence-corrected chi connectivity index (χ4v) is 5.03. The van der Waals surface area contributed by atoms with Gasteiger partial charge in [-0.2, -0.15) is 0 Å². The van der Waals surface area contributed by atoms with Crippen molar-refractivity contribution < 1.29 is 24.0 Å². The summed E-state index contributed by atoms with van der Waals surface area (Å²) >= 11 is 0. The van der Waals surface area contributed by atoms with Gasteiger partial charge in [-0.05, 0) is 81.8 Å². The van der Waals surface area contributed by atoms with Crippen LogP contribution >= 0.6 is 0 Å². The molecule has 0 spiro atoms. The van der Waals surface area contributed by atoms with Gasteiger partial charge >= 0.3 is 13.1 Å². The second-order valence-electron chi connectivity index (χ2n) is 11.1. The van der Waals surface area contributed by atoms with E-state index in [0.29, 0.717) is 12.1 Å². The molecule has 6 nitrogen and oxygen atoms in total. The molecule has 7 heteroatoms. The minimum Gasteiger partial charge on any atom is -0.478 e. The summed E-state index contributed by atoms with van der Waals surface area (Å²) in [4.78, 5) is 24.5. The van der Waals surface area contributed by atoms with Crippen molar-refractivity contribution in [1.82, 2.24) is 0 Å². The number of carbonyl (C=O) groups is 2. The zero-order valence-corrected chi connectivity index (χ0v) is 21.7. The van der Waals surface area contributed by atoms with E-state index in [9.17, 15) is 9.59 Å². The van der Waals surface area contributed by atoms with Crippen molar-refractivity contribution >= 4 is 36.2 Å². The molecule has 2 aliphatic rings. The number of carboxylic acids is 1. The average molecular weight is 489 g/mol. The van der Waals surface area contributed by atoms with Crippen molar-refractivity contribution in [1.29, 1.82) is 0 Å². The fourth-order valence-electron chi connectivity index (χ4n) is 5.03. The zero-order valence-electron chi connectivity index (χ0n) is 21.7. The molecule has 2 N–H and O–H groups in total. The predicted octanol–water partition coefficient (Wildman–Crippen LogP) is 5.22. The quantitative estimate of drug-likeness (QED) is 0.412. The van der Waals surface area contributed by atoms with Gasteiger partial charge in [0.1, 0.15) is 0 Å². The van der Waals surface area contributed by atoms with Crippen LogP contribution in [0.5, 0.6) is 0 Å². The smallest absolute Gasteiger partial charge is 0.478 e. The lowest BCUT2D eigenvalue weighted by molar-refractivity contribution is -0.131. The van der Waals surface area contributed by atoms with Crippen LogP contribution in [0.15, 0.2) is 54.6 Å². The fraction of sp³-hybridized carbons (Fsp3) is 0.448. The molecule has 4 rings (SSSR count). The minimum absolute atomic E-state index is 0.0246. The van der Waals surface area contributed by atoms with Crippen molar-refractivity contribution in [3.8, 4) is 0 Å². The molecule has 0 atom stereocenters. The Morgan fingerprint density at radius 2 is 1.61 bits per heavy atom. The summed E-state index contributed by atoms with van der Waals surface area (Å²) in [5.74, 6) is -0.980.